The number of aliphatic carboxylic acids is 1. The maximum atomic E-state index is 11.8. The maximum absolute atomic E-state index is 11.8. The van der Waals surface area contributed by atoms with Gasteiger partial charge in [-0.3, -0.25) is 0 Å². The first-order valence-electron chi connectivity index (χ1n) is 6.62. The fourth-order valence-corrected chi connectivity index (χ4v) is 3.03. The molecule has 127 valence electrons. The van der Waals surface area contributed by atoms with Crippen LogP contribution in [0.4, 0.5) is 5.69 Å². The number of aromatic nitrogens is 2. The zero-order valence-corrected chi connectivity index (χ0v) is 13.8. The molecule has 0 bridgehead atoms. The first kappa shape index (κ1) is 17.9. The molecule has 4 atom stereocenters. The standard InChI is InChI=1S/C12H16N3O7Se/c1-12(9(20)8(19)6(4-16)22-12)15-3-5(13-2-7(17)18)10(21)14-11(15)23/h3,6,8-9,13,16,19-20H,2,4H2,1H3,(H,17,18)/t6-,8-,9-,12-/m1/s1. The summed E-state index contributed by atoms with van der Waals surface area (Å²) in [5.74, 6) is -1.16. The quantitative estimate of drug-likeness (QED) is 0.318. The third-order valence-corrected chi connectivity index (χ3v) is 4.23. The summed E-state index contributed by atoms with van der Waals surface area (Å²) in [7, 11) is 0. The van der Waals surface area contributed by atoms with E-state index in [0.717, 1.165) is 0 Å². The molecule has 0 saturated carbocycles. The molecule has 0 aliphatic carbocycles. The Hall–Kier alpha value is -1.49. The molecule has 23 heavy (non-hydrogen) atoms. The zero-order valence-electron chi connectivity index (χ0n) is 12.0. The fourth-order valence-electron chi connectivity index (χ4n) is 2.36. The second kappa shape index (κ2) is 6.55. The summed E-state index contributed by atoms with van der Waals surface area (Å²) in [5.41, 5.74) is -2.30. The van der Waals surface area contributed by atoms with Gasteiger partial charge in [-0.15, -0.1) is 0 Å². The van der Waals surface area contributed by atoms with Gasteiger partial charge in [0.2, 0.25) is 0 Å². The Kier molecular flexibility index (Phi) is 5.09. The molecule has 2 heterocycles. The number of carboxylic acid groups (broad SMARTS) is 1. The number of hydrogen-bond acceptors (Lipinski definition) is 8. The van der Waals surface area contributed by atoms with Gasteiger partial charge in [0.1, 0.15) is 0 Å². The minimum atomic E-state index is -1.51. The molecule has 1 aliphatic rings. The first-order chi connectivity index (χ1) is 10.7. The van der Waals surface area contributed by atoms with Crippen molar-refractivity contribution in [3.63, 3.8) is 0 Å². The van der Waals surface area contributed by atoms with E-state index in [2.05, 4.69) is 26.3 Å². The van der Waals surface area contributed by atoms with Crippen LogP contribution in [-0.2, 0) is 15.3 Å². The number of nitrogens with zero attached hydrogens (tertiary/aromatic N) is 2. The van der Waals surface area contributed by atoms with Gasteiger partial charge in [0.15, 0.2) is 0 Å². The summed E-state index contributed by atoms with van der Waals surface area (Å²) in [4.78, 5) is 26.1. The van der Waals surface area contributed by atoms with Gasteiger partial charge in [-0.05, 0) is 0 Å². The predicted molar refractivity (Wildman–Crippen MR) is 77.6 cm³/mol. The second-order valence-corrected chi connectivity index (χ2v) is 5.95. The number of rotatable bonds is 5. The number of aliphatic hydroxyl groups is 3. The van der Waals surface area contributed by atoms with Crippen molar-refractivity contribution < 1.29 is 30.0 Å². The molecule has 5 N–H and O–H groups in total. The van der Waals surface area contributed by atoms with Crippen LogP contribution in [0.25, 0.3) is 0 Å². The van der Waals surface area contributed by atoms with E-state index in [0.29, 0.717) is 0 Å². The van der Waals surface area contributed by atoms with E-state index < -0.39 is 48.7 Å². The van der Waals surface area contributed by atoms with Crippen LogP contribution in [0.2, 0.25) is 0 Å². The van der Waals surface area contributed by atoms with Crippen LogP contribution in [0.5, 0.6) is 0 Å². The number of anilines is 1. The number of nitrogens with one attached hydrogen (secondary N) is 1. The van der Waals surface area contributed by atoms with Gasteiger partial charge in [-0.25, -0.2) is 0 Å². The van der Waals surface area contributed by atoms with E-state index in [-0.39, 0.29) is 10.4 Å². The third-order valence-electron chi connectivity index (χ3n) is 3.62. The van der Waals surface area contributed by atoms with Crippen LogP contribution < -0.4 is 15.6 Å². The van der Waals surface area contributed by atoms with Gasteiger partial charge in [0, 0.05) is 0 Å². The number of aliphatic hydroxyl groups excluding tert-OH is 3. The number of carbonyl (C=O) groups is 1. The molecule has 1 fully saturated rings. The van der Waals surface area contributed by atoms with E-state index >= 15 is 0 Å². The summed E-state index contributed by atoms with van der Waals surface area (Å²) in [5, 5.41) is 40.4. The molecule has 1 aromatic rings. The van der Waals surface area contributed by atoms with E-state index in [9.17, 15) is 24.9 Å². The van der Waals surface area contributed by atoms with Gasteiger partial charge in [-0.1, -0.05) is 0 Å². The number of carboxylic acids is 1. The summed E-state index contributed by atoms with van der Waals surface area (Å²) < 4.78 is 6.86. The fraction of sp³-hybridized carbons (Fsp3) is 0.583. The van der Waals surface area contributed by atoms with Gasteiger partial charge in [0.05, 0.1) is 0 Å². The second-order valence-electron chi connectivity index (χ2n) is 5.19. The van der Waals surface area contributed by atoms with Crippen LogP contribution in [0.15, 0.2) is 11.0 Å². The molecule has 2 rings (SSSR count). The molecular formula is C12H16N3O7Se. The minimum absolute atomic E-state index is 0.0724. The van der Waals surface area contributed by atoms with Crippen molar-refractivity contribution in [1.29, 1.82) is 0 Å². The summed E-state index contributed by atoms with van der Waals surface area (Å²) in [6.45, 7) is 0.449. The SMILES string of the molecule is C[C@@]1(n2cc(NCC(=O)O)c(=O)nc2[Se])O[C@H](CO)[C@@H](O)[C@H]1O. The van der Waals surface area contributed by atoms with E-state index in [4.69, 9.17) is 9.84 Å². The Labute approximate surface area is 138 Å². The van der Waals surface area contributed by atoms with Crippen molar-refractivity contribution >= 4 is 32.4 Å². The van der Waals surface area contributed by atoms with Crippen LogP contribution in [0.1, 0.15) is 6.92 Å². The van der Waals surface area contributed by atoms with Gasteiger partial charge in [0.25, 0.3) is 0 Å². The van der Waals surface area contributed by atoms with Crippen molar-refractivity contribution in [2.24, 2.45) is 0 Å². The molecule has 0 unspecified atom stereocenters. The van der Waals surface area contributed by atoms with Crippen molar-refractivity contribution in [2.45, 2.75) is 31.0 Å². The summed E-state index contributed by atoms with van der Waals surface area (Å²) >= 11 is 2.55. The molecule has 0 amide bonds. The number of hydrogen-bond donors (Lipinski definition) is 5. The van der Waals surface area contributed by atoms with Crippen molar-refractivity contribution in [3.8, 4) is 0 Å². The molecule has 0 aromatic carbocycles. The monoisotopic (exact) mass is 394 g/mol. The molecule has 1 radical (unpaired) electrons. The Morgan fingerprint density at radius 1 is 1.57 bits per heavy atom. The predicted octanol–water partition coefficient (Wildman–Crippen LogP) is -3.68. The zero-order chi connectivity index (χ0) is 17.4. The van der Waals surface area contributed by atoms with E-state index in [1.54, 1.807) is 0 Å². The molecule has 11 heteroatoms. The van der Waals surface area contributed by atoms with Crippen LogP contribution in [0, 0.1) is 0 Å². The van der Waals surface area contributed by atoms with Crippen molar-refractivity contribution in [3.05, 3.63) is 16.6 Å². The Bertz CT molecular complexity index is 667. The van der Waals surface area contributed by atoms with Gasteiger partial charge < -0.3 is 0 Å². The van der Waals surface area contributed by atoms with Crippen LogP contribution in [0.3, 0.4) is 0 Å². The summed E-state index contributed by atoms with van der Waals surface area (Å²) in [6, 6.07) is 0. The van der Waals surface area contributed by atoms with Crippen molar-refractivity contribution in [1.82, 2.24) is 9.55 Å². The third kappa shape index (κ3) is 3.25. The summed E-state index contributed by atoms with van der Waals surface area (Å²) in [6.07, 6.45) is -2.51. The Morgan fingerprint density at radius 2 is 2.22 bits per heavy atom. The van der Waals surface area contributed by atoms with Crippen LogP contribution >= 0.6 is 0 Å². The van der Waals surface area contributed by atoms with E-state index in [1.807, 2.05) is 0 Å². The topological polar surface area (TPSA) is 154 Å². The van der Waals surface area contributed by atoms with Crippen LogP contribution in [-0.4, -0.2) is 83.4 Å². The molecule has 1 aliphatic heterocycles. The molecule has 1 aromatic heterocycles. The Balaban J connectivity index is 2.44. The van der Waals surface area contributed by atoms with Gasteiger partial charge in [-0.2, -0.15) is 0 Å². The average Bonchev–Trinajstić information content (AvgIpc) is 2.71. The average molecular weight is 393 g/mol. The molecule has 0 spiro atoms. The van der Waals surface area contributed by atoms with Gasteiger partial charge >= 0.3 is 138 Å². The molecule has 10 nitrogen and oxygen atoms in total. The van der Waals surface area contributed by atoms with E-state index in [1.165, 1.54) is 17.7 Å². The normalized spacial score (nSPS) is 30.3. The first-order valence-corrected chi connectivity index (χ1v) is 7.48. The molecular weight excluding hydrogens is 377 g/mol. The number of ether oxygens (including phenoxy) is 1. The van der Waals surface area contributed by atoms with Crippen molar-refractivity contribution in [2.75, 3.05) is 18.5 Å². The molecule has 1 saturated heterocycles. The Morgan fingerprint density at radius 3 is 2.74 bits per heavy atom.